The Morgan fingerprint density at radius 1 is 1.10 bits per heavy atom. The van der Waals surface area contributed by atoms with E-state index in [9.17, 15) is 9.90 Å². The van der Waals surface area contributed by atoms with Crippen LogP contribution in [0.1, 0.15) is 34.2 Å². The number of aryl methyl sites for hydroxylation is 1. The zero-order valence-corrected chi connectivity index (χ0v) is 16.1. The number of hydrogen-bond acceptors (Lipinski definition) is 5. The van der Waals surface area contributed by atoms with E-state index in [1.807, 2.05) is 25.1 Å². The number of likely N-dealkylation sites (tertiary alicyclic amines) is 1. The number of hydrogen-bond donors (Lipinski definition) is 1. The van der Waals surface area contributed by atoms with Gasteiger partial charge >= 0.3 is 0 Å². The van der Waals surface area contributed by atoms with Crippen LogP contribution in [0, 0.1) is 6.92 Å². The number of carbonyl (C=O) groups is 1. The maximum atomic E-state index is 13.0. The van der Waals surface area contributed by atoms with Crippen molar-refractivity contribution >= 4 is 22.5 Å². The highest BCUT2D eigenvalue weighted by atomic mass is 16.3. The first-order chi connectivity index (χ1) is 14.1. The summed E-state index contributed by atoms with van der Waals surface area (Å²) < 4.78 is 1.59. The van der Waals surface area contributed by atoms with Gasteiger partial charge in [-0.3, -0.25) is 9.20 Å². The molecule has 7 nitrogen and oxygen atoms in total. The molecular formula is C22H21N5O2. The lowest BCUT2D eigenvalue weighted by molar-refractivity contribution is 0.0372. The number of aromatic nitrogens is 4. The molecule has 0 aliphatic carbocycles. The van der Waals surface area contributed by atoms with E-state index in [2.05, 4.69) is 45.5 Å². The normalized spacial score (nSPS) is 19.7. The maximum Gasteiger partial charge on any atom is 0.292 e. The average molecular weight is 387 g/mol. The third-order valence-corrected chi connectivity index (χ3v) is 5.68. The monoisotopic (exact) mass is 387 g/mol. The fourth-order valence-corrected chi connectivity index (χ4v) is 4.10. The van der Waals surface area contributed by atoms with Gasteiger partial charge in [-0.1, -0.05) is 42.5 Å². The first-order valence-electron chi connectivity index (χ1n) is 9.74. The summed E-state index contributed by atoms with van der Waals surface area (Å²) >= 11 is 0. The van der Waals surface area contributed by atoms with E-state index >= 15 is 0 Å². The smallest absolute Gasteiger partial charge is 0.292 e. The molecule has 7 heteroatoms. The number of aliphatic hydroxyl groups is 1. The molecule has 2 atom stereocenters. The Hall–Kier alpha value is -3.32. The van der Waals surface area contributed by atoms with E-state index in [1.54, 1.807) is 15.5 Å². The van der Waals surface area contributed by atoms with Gasteiger partial charge in [0.2, 0.25) is 5.82 Å². The molecule has 0 spiro atoms. The SMILES string of the molecule is Cc1ccn2c(C(=O)N3CCC(c4ccc5ccccc5c4)C(O)C3)nnc2n1. The minimum atomic E-state index is -0.631. The lowest BCUT2D eigenvalue weighted by Crippen LogP contribution is -2.46. The first-order valence-corrected chi connectivity index (χ1v) is 9.74. The van der Waals surface area contributed by atoms with Gasteiger partial charge in [0, 0.05) is 30.9 Å². The summed E-state index contributed by atoms with van der Waals surface area (Å²) in [6, 6.07) is 16.3. The van der Waals surface area contributed by atoms with Crippen LogP contribution in [0.4, 0.5) is 0 Å². The van der Waals surface area contributed by atoms with Crippen molar-refractivity contribution in [3.8, 4) is 0 Å². The predicted molar refractivity (Wildman–Crippen MR) is 109 cm³/mol. The van der Waals surface area contributed by atoms with Gasteiger partial charge in [-0.25, -0.2) is 4.98 Å². The summed E-state index contributed by atoms with van der Waals surface area (Å²) in [6.07, 6.45) is 1.82. The predicted octanol–water partition coefficient (Wildman–Crippen LogP) is 2.58. The molecule has 1 saturated heterocycles. The fraction of sp³-hybridized carbons (Fsp3) is 0.273. The van der Waals surface area contributed by atoms with E-state index in [4.69, 9.17) is 0 Å². The van der Waals surface area contributed by atoms with Gasteiger partial charge in [0.25, 0.3) is 11.7 Å². The molecule has 0 saturated carbocycles. The Kier molecular flexibility index (Phi) is 4.24. The van der Waals surface area contributed by atoms with Crippen LogP contribution < -0.4 is 0 Å². The first kappa shape index (κ1) is 17.8. The summed E-state index contributed by atoms with van der Waals surface area (Å²) in [5, 5.41) is 21.2. The summed E-state index contributed by atoms with van der Waals surface area (Å²) in [4.78, 5) is 18.9. The number of piperidine rings is 1. The van der Waals surface area contributed by atoms with Crippen LogP contribution >= 0.6 is 0 Å². The van der Waals surface area contributed by atoms with Crippen molar-refractivity contribution in [2.75, 3.05) is 13.1 Å². The molecule has 1 aliphatic heterocycles. The molecule has 146 valence electrons. The van der Waals surface area contributed by atoms with Crippen molar-refractivity contribution in [3.63, 3.8) is 0 Å². The number of nitrogens with zero attached hydrogens (tertiary/aromatic N) is 5. The minimum Gasteiger partial charge on any atom is -0.391 e. The van der Waals surface area contributed by atoms with E-state index in [0.717, 1.165) is 16.6 Å². The Bertz CT molecular complexity index is 1220. The lowest BCUT2D eigenvalue weighted by Gasteiger charge is -2.36. The quantitative estimate of drug-likeness (QED) is 0.572. The third-order valence-electron chi connectivity index (χ3n) is 5.68. The molecule has 4 aromatic rings. The second-order valence-electron chi connectivity index (χ2n) is 7.58. The molecule has 1 N–H and O–H groups in total. The van der Waals surface area contributed by atoms with Crippen LogP contribution in [0.3, 0.4) is 0 Å². The molecule has 5 rings (SSSR count). The molecule has 3 heterocycles. The number of aliphatic hydroxyl groups excluding tert-OH is 1. The van der Waals surface area contributed by atoms with Gasteiger partial charge in [0.15, 0.2) is 0 Å². The van der Waals surface area contributed by atoms with Crippen molar-refractivity contribution in [2.45, 2.75) is 25.4 Å². The molecule has 0 radical (unpaired) electrons. The van der Waals surface area contributed by atoms with Gasteiger partial charge in [0.1, 0.15) is 0 Å². The minimum absolute atomic E-state index is 0.00289. The summed E-state index contributed by atoms with van der Waals surface area (Å²) in [7, 11) is 0. The summed E-state index contributed by atoms with van der Waals surface area (Å²) in [5.41, 5.74) is 1.92. The Balaban J connectivity index is 1.36. The number of rotatable bonds is 2. The maximum absolute atomic E-state index is 13.0. The topological polar surface area (TPSA) is 83.6 Å². The number of benzene rings is 2. The highest BCUT2D eigenvalue weighted by molar-refractivity contribution is 5.91. The van der Waals surface area contributed by atoms with E-state index in [0.29, 0.717) is 18.7 Å². The Morgan fingerprint density at radius 3 is 2.76 bits per heavy atom. The standard InChI is InChI=1S/C22H21N5O2/c1-14-8-11-27-20(24-25-22(27)23-14)21(29)26-10-9-18(19(28)13-26)17-7-6-15-4-2-3-5-16(15)12-17/h2-8,11-12,18-19,28H,9-10,13H2,1H3. The van der Waals surface area contributed by atoms with Gasteiger partial charge in [-0.2, -0.15) is 0 Å². The molecule has 0 bridgehead atoms. The molecule has 1 aliphatic rings. The van der Waals surface area contributed by atoms with Gasteiger partial charge < -0.3 is 10.0 Å². The third kappa shape index (κ3) is 3.13. The second kappa shape index (κ2) is 6.93. The fourth-order valence-electron chi connectivity index (χ4n) is 4.10. The van der Waals surface area contributed by atoms with Crippen LogP contribution in [-0.2, 0) is 0 Å². The van der Waals surface area contributed by atoms with Gasteiger partial charge in [0.05, 0.1) is 6.10 Å². The lowest BCUT2D eigenvalue weighted by atomic mass is 9.86. The van der Waals surface area contributed by atoms with E-state index in [-0.39, 0.29) is 24.2 Å². The van der Waals surface area contributed by atoms with Crippen LogP contribution in [0.5, 0.6) is 0 Å². The second-order valence-corrected chi connectivity index (χ2v) is 7.58. The van der Waals surface area contributed by atoms with Crippen LogP contribution in [-0.4, -0.2) is 54.7 Å². The Morgan fingerprint density at radius 2 is 1.93 bits per heavy atom. The summed E-state index contributed by atoms with van der Waals surface area (Å²) in [6.45, 7) is 2.69. The highest BCUT2D eigenvalue weighted by Gasteiger charge is 2.33. The largest absolute Gasteiger partial charge is 0.391 e. The summed E-state index contributed by atoms with van der Waals surface area (Å²) in [5.74, 6) is 0.395. The number of amides is 1. The van der Waals surface area contributed by atoms with Gasteiger partial charge in [-0.15, -0.1) is 10.2 Å². The number of fused-ring (bicyclic) bond motifs is 2. The van der Waals surface area contributed by atoms with Crippen LogP contribution in [0.25, 0.3) is 16.6 Å². The van der Waals surface area contributed by atoms with Gasteiger partial charge in [-0.05, 0) is 35.7 Å². The zero-order valence-electron chi connectivity index (χ0n) is 16.1. The molecule has 2 aromatic carbocycles. The van der Waals surface area contributed by atoms with Crippen LogP contribution in [0.15, 0.2) is 54.7 Å². The van der Waals surface area contributed by atoms with Crippen LogP contribution in [0.2, 0.25) is 0 Å². The molecule has 1 amide bonds. The van der Waals surface area contributed by atoms with Crippen molar-refractivity contribution in [2.24, 2.45) is 0 Å². The van der Waals surface area contributed by atoms with Crippen molar-refractivity contribution in [3.05, 3.63) is 71.8 Å². The molecule has 2 unspecified atom stereocenters. The molecule has 29 heavy (non-hydrogen) atoms. The van der Waals surface area contributed by atoms with E-state index < -0.39 is 6.10 Å². The number of carbonyl (C=O) groups excluding carboxylic acids is 1. The molecule has 1 fully saturated rings. The number of β-amino-alcohol motifs (C(OH)–C–C–N with tert-alkyl or cyclic N) is 1. The van der Waals surface area contributed by atoms with Crippen molar-refractivity contribution in [1.29, 1.82) is 0 Å². The van der Waals surface area contributed by atoms with Crippen molar-refractivity contribution in [1.82, 2.24) is 24.5 Å². The Labute approximate surface area is 167 Å². The molecular weight excluding hydrogens is 366 g/mol. The average Bonchev–Trinajstić information content (AvgIpc) is 3.15. The molecule has 2 aromatic heterocycles. The highest BCUT2D eigenvalue weighted by Crippen LogP contribution is 2.31. The zero-order chi connectivity index (χ0) is 20.0. The van der Waals surface area contributed by atoms with Crippen molar-refractivity contribution < 1.29 is 9.90 Å². The van der Waals surface area contributed by atoms with E-state index in [1.165, 1.54) is 5.39 Å².